The molecule has 2 aliphatic heterocycles. The van der Waals surface area contributed by atoms with Gasteiger partial charge in [0.25, 0.3) is 0 Å². The average molecular weight is 511 g/mol. The normalized spacial score (nSPS) is 17.7. The zero-order valence-electron chi connectivity index (χ0n) is 22.4. The van der Waals surface area contributed by atoms with Crippen LogP contribution < -0.4 is 0 Å². The first-order valence-electron chi connectivity index (χ1n) is 13.8. The fraction of sp³-hybridized carbons (Fsp3) is 0.406. The van der Waals surface area contributed by atoms with Crippen molar-refractivity contribution >= 4 is 22.8 Å². The quantitative estimate of drug-likeness (QED) is 0.261. The second-order valence-corrected chi connectivity index (χ2v) is 11.7. The van der Waals surface area contributed by atoms with E-state index in [4.69, 9.17) is 4.98 Å². The fourth-order valence-electron chi connectivity index (χ4n) is 6.23. The van der Waals surface area contributed by atoms with Crippen LogP contribution >= 0.6 is 11.8 Å². The van der Waals surface area contributed by atoms with Gasteiger partial charge in [-0.1, -0.05) is 36.4 Å². The molecule has 0 spiro atoms. The maximum Gasteiger partial charge on any atom is 0.140 e. The third-order valence-electron chi connectivity index (χ3n) is 8.43. The van der Waals surface area contributed by atoms with Crippen molar-refractivity contribution in [3.05, 3.63) is 71.8 Å². The van der Waals surface area contributed by atoms with Crippen molar-refractivity contribution in [1.29, 1.82) is 0 Å². The van der Waals surface area contributed by atoms with Gasteiger partial charge in [-0.05, 0) is 112 Å². The topological polar surface area (TPSA) is 24.3 Å². The van der Waals surface area contributed by atoms with Crippen LogP contribution in [0, 0.1) is 6.92 Å². The molecule has 192 valence electrons. The summed E-state index contributed by atoms with van der Waals surface area (Å²) in [5.41, 5.74) is 8.60. The van der Waals surface area contributed by atoms with E-state index >= 15 is 0 Å². The number of thioether (sulfide) groups is 1. The molecule has 0 aliphatic carbocycles. The lowest BCUT2D eigenvalue weighted by molar-refractivity contribution is 0.122. The Morgan fingerprint density at radius 1 is 0.838 bits per heavy atom. The van der Waals surface area contributed by atoms with Gasteiger partial charge in [0.05, 0.1) is 11.0 Å². The lowest BCUT2D eigenvalue weighted by Crippen LogP contribution is -2.43. The minimum absolute atomic E-state index is 0.821. The average Bonchev–Trinajstić information content (AvgIpc) is 3.59. The first kappa shape index (κ1) is 24.7. The van der Waals surface area contributed by atoms with Crippen LogP contribution in [0.25, 0.3) is 33.5 Å². The van der Waals surface area contributed by atoms with Gasteiger partial charge in [0.1, 0.15) is 5.82 Å². The van der Waals surface area contributed by atoms with E-state index in [9.17, 15) is 0 Å². The molecule has 0 bridgehead atoms. The molecule has 1 aromatic heterocycles. The summed E-state index contributed by atoms with van der Waals surface area (Å²) < 4.78 is 2.24. The number of nitrogens with zero attached hydrogens (tertiary/aromatic N) is 4. The predicted molar refractivity (Wildman–Crippen MR) is 157 cm³/mol. The number of likely N-dealkylation sites (tertiary alicyclic amines) is 2. The molecule has 37 heavy (non-hydrogen) atoms. The van der Waals surface area contributed by atoms with Crippen molar-refractivity contribution in [3.63, 3.8) is 0 Å². The van der Waals surface area contributed by atoms with Crippen LogP contribution in [0.3, 0.4) is 0 Å². The highest BCUT2D eigenvalue weighted by molar-refractivity contribution is 7.98. The highest BCUT2D eigenvalue weighted by Gasteiger charge is 2.26. The number of aryl methyl sites for hydroxylation is 2. The van der Waals surface area contributed by atoms with Crippen molar-refractivity contribution < 1.29 is 0 Å². The molecule has 0 amide bonds. The van der Waals surface area contributed by atoms with Gasteiger partial charge in [-0.15, -0.1) is 11.8 Å². The summed E-state index contributed by atoms with van der Waals surface area (Å²) in [4.78, 5) is 11.7. The zero-order valence-corrected chi connectivity index (χ0v) is 23.2. The van der Waals surface area contributed by atoms with Crippen molar-refractivity contribution in [2.24, 2.45) is 7.05 Å². The zero-order chi connectivity index (χ0) is 25.4. The SMILES string of the molecule is CSc1ccc(-c2nc3c(C)cc(-c4ccc(CN5CCC(N6CCCC6)CC5)cc4)cc3n2C)cc1. The molecule has 0 atom stereocenters. The number of fused-ring (bicyclic) bond motifs is 1. The van der Waals surface area contributed by atoms with Gasteiger partial charge in [-0.3, -0.25) is 4.90 Å². The van der Waals surface area contributed by atoms with Crippen LogP contribution in [-0.2, 0) is 13.6 Å². The van der Waals surface area contributed by atoms with Crippen LogP contribution in [0.15, 0.2) is 65.6 Å². The highest BCUT2D eigenvalue weighted by atomic mass is 32.2. The van der Waals surface area contributed by atoms with Crippen LogP contribution in [0.5, 0.6) is 0 Å². The molecule has 3 aromatic carbocycles. The van der Waals surface area contributed by atoms with E-state index in [1.807, 2.05) is 0 Å². The Balaban J connectivity index is 1.17. The summed E-state index contributed by atoms with van der Waals surface area (Å²) in [5.74, 6) is 1.02. The Hall–Kier alpha value is -2.60. The number of hydrogen-bond acceptors (Lipinski definition) is 4. The number of aromatic nitrogens is 2. The molecule has 6 rings (SSSR count). The van der Waals surface area contributed by atoms with Gasteiger partial charge in [0, 0.05) is 30.1 Å². The number of piperidine rings is 1. The van der Waals surface area contributed by atoms with Gasteiger partial charge in [0.15, 0.2) is 0 Å². The summed E-state index contributed by atoms with van der Waals surface area (Å²) in [6.07, 6.45) is 7.55. The Morgan fingerprint density at radius 3 is 2.19 bits per heavy atom. The summed E-state index contributed by atoms with van der Waals surface area (Å²) in [6, 6.07) is 23.4. The molecule has 4 aromatic rings. The highest BCUT2D eigenvalue weighted by Crippen LogP contribution is 2.32. The first-order valence-corrected chi connectivity index (χ1v) is 15.0. The minimum Gasteiger partial charge on any atom is -0.327 e. The van der Waals surface area contributed by atoms with Gasteiger partial charge in [-0.2, -0.15) is 0 Å². The molecule has 4 nitrogen and oxygen atoms in total. The van der Waals surface area contributed by atoms with Crippen LogP contribution in [0.1, 0.15) is 36.8 Å². The largest absolute Gasteiger partial charge is 0.327 e. The van der Waals surface area contributed by atoms with E-state index in [-0.39, 0.29) is 0 Å². The minimum atomic E-state index is 0.821. The molecule has 0 unspecified atom stereocenters. The second kappa shape index (κ2) is 10.6. The Bertz CT molecular complexity index is 1360. The van der Waals surface area contributed by atoms with Gasteiger partial charge < -0.3 is 9.47 Å². The Labute approximate surface area is 225 Å². The van der Waals surface area contributed by atoms with Crippen molar-refractivity contribution in [1.82, 2.24) is 19.4 Å². The number of benzene rings is 3. The number of hydrogen-bond donors (Lipinski definition) is 0. The molecule has 2 aliphatic rings. The van der Waals surface area contributed by atoms with Gasteiger partial charge in [0.2, 0.25) is 0 Å². The monoisotopic (exact) mass is 510 g/mol. The van der Waals surface area contributed by atoms with E-state index < -0.39 is 0 Å². The lowest BCUT2D eigenvalue weighted by Gasteiger charge is -2.36. The van der Waals surface area contributed by atoms with Crippen molar-refractivity contribution in [2.75, 3.05) is 32.4 Å². The molecule has 5 heteroatoms. The molecule has 0 N–H and O–H groups in total. The third kappa shape index (κ3) is 5.09. The molecule has 0 saturated carbocycles. The molecular formula is C32H38N4S. The van der Waals surface area contributed by atoms with E-state index in [0.717, 1.165) is 29.5 Å². The first-order chi connectivity index (χ1) is 18.1. The van der Waals surface area contributed by atoms with Gasteiger partial charge in [-0.25, -0.2) is 4.98 Å². The molecule has 2 fully saturated rings. The molecule has 3 heterocycles. The van der Waals surface area contributed by atoms with Crippen LogP contribution in [0.2, 0.25) is 0 Å². The lowest BCUT2D eigenvalue weighted by atomic mass is 10.00. The fourth-order valence-corrected chi connectivity index (χ4v) is 6.64. The predicted octanol–water partition coefficient (Wildman–Crippen LogP) is 7.00. The second-order valence-electron chi connectivity index (χ2n) is 10.8. The van der Waals surface area contributed by atoms with Gasteiger partial charge >= 0.3 is 0 Å². The summed E-state index contributed by atoms with van der Waals surface area (Å²) >= 11 is 1.77. The maximum atomic E-state index is 5.03. The van der Waals surface area contributed by atoms with E-state index in [0.29, 0.717) is 0 Å². The summed E-state index contributed by atoms with van der Waals surface area (Å²) in [6.45, 7) is 8.33. The Morgan fingerprint density at radius 2 is 1.51 bits per heavy atom. The number of imidazole rings is 1. The van der Waals surface area contributed by atoms with E-state index in [1.165, 1.54) is 84.5 Å². The smallest absolute Gasteiger partial charge is 0.140 e. The van der Waals surface area contributed by atoms with Crippen LogP contribution in [0.4, 0.5) is 0 Å². The summed E-state index contributed by atoms with van der Waals surface area (Å²) in [5, 5.41) is 0. The molecular weight excluding hydrogens is 472 g/mol. The molecule has 2 saturated heterocycles. The van der Waals surface area contributed by atoms with E-state index in [1.54, 1.807) is 11.8 Å². The summed E-state index contributed by atoms with van der Waals surface area (Å²) in [7, 11) is 2.13. The van der Waals surface area contributed by atoms with Crippen LogP contribution in [-0.4, -0.2) is 57.8 Å². The third-order valence-corrected chi connectivity index (χ3v) is 9.18. The van der Waals surface area contributed by atoms with E-state index in [2.05, 4.69) is 95.3 Å². The maximum absolute atomic E-state index is 5.03. The molecule has 0 radical (unpaired) electrons. The standard InChI is InChI=1S/C32H38N4S/c1-23-20-27(21-30-31(23)33-32(34(30)2)26-10-12-29(37-3)13-11-26)25-8-6-24(7-9-25)22-35-18-14-28(15-19-35)36-16-4-5-17-36/h6-13,20-21,28H,4-5,14-19,22H2,1-3H3. The Kier molecular flexibility index (Phi) is 7.11. The van der Waals surface area contributed by atoms with Crippen molar-refractivity contribution in [3.8, 4) is 22.5 Å². The number of rotatable bonds is 6. The van der Waals surface area contributed by atoms with Crippen molar-refractivity contribution in [2.45, 2.75) is 50.1 Å².